The van der Waals surface area contributed by atoms with Gasteiger partial charge in [0.2, 0.25) is 0 Å². The number of nitrogens with zero attached hydrogens (tertiary/aromatic N) is 2. The van der Waals surface area contributed by atoms with Crippen molar-refractivity contribution in [1.29, 1.82) is 0 Å². The Morgan fingerprint density at radius 1 is 1.44 bits per heavy atom. The highest BCUT2D eigenvalue weighted by molar-refractivity contribution is 5.40. The normalized spacial score (nSPS) is 16.6. The maximum absolute atomic E-state index is 4.63. The quantitative estimate of drug-likeness (QED) is 0.803. The first-order valence-corrected chi connectivity index (χ1v) is 7.12. The van der Waals surface area contributed by atoms with Crippen LogP contribution in [-0.4, -0.2) is 25.1 Å². The van der Waals surface area contributed by atoms with Crippen LogP contribution in [0.4, 0.5) is 5.82 Å². The Hall–Kier alpha value is -1.09. The van der Waals surface area contributed by atoms with Crippen molar-refractivity contribution >= 4 is 5.82 Å². The predicted octanol–water partition coefficient (Wildman–Crippen LogP) is 2.99. The fourth-order valence-corrected chi connectivity index (χ4v) is 2.19. The second-order valence-electron chi connectivity index (χ2n) is 5.35. The lowest BCUT2D eigenvalue weighted by Gasteiger charge is -2.23. The first kappa shape index (κ1) is 13.3. The Morgan fingerprint density at radius 2 is 2.22 bits per heavy atom. The minimum atomic E-state index is 0.370. The van der Waals surface area contributed by atoms with Gasteiger partial charge in [0.1, 0.15) is 5.82 Å². The van der Waals surface area contributed by atoms with E-state index >= 15 is 0 Å². The van der Waals surface area contributed by atoms with E-state index < -0.39 is 0 Å². The minimum Gasteiger partial charge on any atom is -0.356 e. The fourth-order valence-electron chi connectivity index (χ4n) is 2.19. The van der Waals surface area contributed by atoms with E-state index in [9.17, 15) is 0 Å². The number of anilines is 1. The van der Waals surface area contributed by atoms with E-state index in [1.165, 1.54) is 31.4 Å². The topological polar surface area (TPSA) is 28.2 Å². The Kier molecular flexibility index (Phi) is 4.59. The fraction of sp³-hybridized carbons (Fsp3) is 0.667. The summed E-state index contributed by atoms with van der Waals surface area (Å²) in [7, 11) is 1.98. The van der Waals surface area contributed by atoms with Crippen LogP contribution in [0.3, 0.4) is 0 Å². The van der Waals surface area contributed by atoms with Gasteiger partial charge in [0.25, 0.3) is 0 Å². The van der Waals surface area contributed by atoms with Gasteiger partial charge < -0.3 is 10.2 Å². The van der Waals surface area contributed by atoms with Crippen LogP contribution in [0.5, 0.6) is 0 Å². The van der Waals surface area contributed by atoms with Gasteiger partial charge in [-0.05, 0) is 50.8 Å². The lowest BCUT2D eigenvalue weighted by Crippen LogP contribution is -2.27. The molecule has 1 saturated carbocycles. The lowest BCUT2D eigenvalue weighted by molar-refractivity contribution is 0.647. The average molecular weight is 247 g/mol. The Morgan fingerprint density at radius 3 is 2.72 bits per heavy atom. The Labute approximate surface area is 111 Å². The van der Waals surface area contributed by atoms with Gasteiger partial charge in [-0.2, -0.15) is 0 Å². The number of hydrogen-bond donors (Lipinski definition) is 1. The third-order valence-electron chi connectivity index (χ3n) is 3.70. The molecule has 1 aliphatic carbocycles. The van der Waals surface area contributed by atoms with Gasteiger partial charge in [-0.25, -0.2) is 4.98 Å². The van der Waals surface area contributed by atoms with Crippen molar-refractivity contribution in [3.05, 3.63) is 23.9 Å². The first-order chi connectivity index (χ1) is 8.74. The van der Waals surface area contributed by atoms with Crippen molar-refractivity contribution in [2.24, 2.45) is 5.92 Å². The molecule has 0 bridgehead atoms. The third kappa shape index (κ3) is 3.45. The van der Waals surface area contributed by atoms with E-state index in [0.717, 1.165) is 18.3 Å². The van der Waals surface area contributed by atoms with Crippen molar-refractivity contribution < 1.29 is 0 Å². The van der Waals surface area contributed by atoms with Gasteiger partial charge in [-0.1, -0.05) is 13.0 Å². The zero-order valence-corrected chi connectivity index (χ0v) is 11.8. The van der Waals surface area contributed by atoms with Crippen LogP contribution < -0.4 is 10.2 Å². The maximum atomic E-state index is 4.63. The second-order valence-corrected chi connectivity index (χ2v) is 5.35. The summed E-state index contributed by atoms with van der Waals surface area (Å²) >= 11 is 0. The third-order valence-corrected chi connectivity index (χ3v) is 3.70. The minimum absolute atomic E-state index is 0.370. The van der Waals surface area contributed by atoms with Crippen molar-refractivity contribution in [3.63, 3.8) is 0 Å². The van der Waals surface area contributed by atoms with Gasteiger partial charge in [0.05, 0.1) is 0 Å². The molecule has 0 amide bonds. The zero-order valence-electron chi connectivity index (χ0n) is 11.8. The van der Waals surface area contributed by atoms with Crippen LogP contribution >= 0.6 is 0 Å². The highest BCUT2D eigenvalue weighted by Gasteiger charge is 2.24. The molecule has 1 aromatic heterocycles. The molecule has 18 heavy (non-hydrogen) atoms. The average Bonchev–Trinajstić information content (AvgIpc) is 3.21. The van der Waals surface area contributed by atoms with E-state index in [-0.39, 0.29) is 0 Å². The number of pyridine rings is 1. The van der Waals surface area contributed by atoms with E-state index in [2.05, 4.69) is 41.2 Å². The molecule has 100 valence electrons. The molecular formula is C15H25N3. The van der Waals surface area contributed by atoms with E-state index in [0.29, 0.717) is 6.04 Å². The summed E-state index contributed by atoms with van der Waals surface area (Å²) in [5.41, 5.74) is 1.25. The molecule has 0 radical (unpaired) electrons. The molecule has 0 spiro atoms. The molecule has 2 rings (SSSR count). The Balaban J connectivity index is 2.04. The summed E-state index contributed by atoms with van der Waals surface area (Å²) in [4.78, 5) is 7.07. The summed E-state index contributed by atoms with van der Waals surface area (Å²) in [6.45, 7) is 6.69. The molecule has 3 nitrogen and oxygen atoms in total. The van der Waals surface area contributed by atoms with E-state index in [1.807, 2.05) is 13.2 Å². The van der Waals surface area contributed by atoms with Crippen LogP contribution in [0, 0.1) is 5.92 Å². The summed E-state index contributed by atoms with van der Waals surface area (Å²) in [5, 5.41) is 3.24. The molecule has 1 fully saturated rings. The monoisotopic (exact) mass is 247 g/mol. The van der Waals surface area contributed by atoms with E-state index in [1.54, 1.807) is 0 Å². The lowest BCUT2D eigenvalue weighted by atomic mass is 10.1. The van der Waals surface area contributed by atoms with Gasteiger partial charge in [0.15, 0.2) is 0 Å². The van der Waals surface area contributed by atoms with Crippen molar-refractivity contribution in [3.8, 4) is 0 Å². The standard InChI is InChI=1S/C15H25N3/c1-4-9-18(11-13-5-6-13)15-8-7-14(10-17-15)12(2)16-3/h7-8,10,12-13,16H,4-6,9,11H2,1-3H3. The van der Waals surface area contributed by atoms with Gasteiger partial charge in [-0.3, -0.25) is 0 Å². The second kappa shape index (κ2) is 6.19. The number of hydrogen-bond acceptors (Lipinski definition) is 3. The largest absolute Gasteiger partial charge is 0.356 e. The molecule has 1 aliphatic rings. The molecular weight excluding hydrogens is 222 g/mol. The van der Waals surface area contributed by atoms with Crippen LogP contribution in [0.2, 0.25) is 0 Å². The SMILES string of the molecule is CCCN(CC1CC1)c1ccc(C(C)NC)cn1. The van der Waals surface area contributed by atoms with Gasteiger partial charge in [-0.15, -0.1) is 0 Å². The molecule has 1 heterocycles. The highest BCUT2D eigenvalue weighted by atomic mass is 15.2. The molecule has 0 aromatic carbocycles. The van der Waals surface area contributed by atoms with E-state index in [4.69, 9.17) is 0 Å². The molecule has 0 aliphatic heterocycles. The first-order valence-electron chi connectivity index (χ1n) is 7.12. The highest BCUT2D eigenvalue weighted by Crippen LogP contribution is 2.31. The number of aromatic nitrogens is 1. The molecule has 1 atom stereocenters. The molecule has 1 N–H and O–H groups in total. The van der Waals surface area contributed by atoms with Crippen LogP contribution in [0.1, 0.15) is 44.7 Å². The zero-order chi connectivity index (χ0) is 13.0. The van der Waals surface area contributed by atoms with Crippen molar-refractivity contribution in [1.82, 2.24) is 10.3 Å². The van der Waals surface area contributed by atoms with Gasteiger partial charge >= 0.3 is 0 Å². The number of rotatable bonds is 7. The molecule has 0 saturated heterocycles. The summed E-state index contributed by atoms with van der Waals surface area (Å²) in [6, 6.07) is 4.73. The van der Waals surface area contributed by atoms with Crippen LogP contribution in [0.15, 0.2) is 18.3 Å². The molecule has 3 heteroatoms. The summed E-state index contributed by atoms with van der Waals surface area (Å²) < 4.78 is 0. The van der Waals surface area contributed by atoms with Crippen LogP contribution in [0.25, 0.3) is 0 Å². The van der Waals surface area contributed by atoms with Gasteiger partial charge in [0, 0.05) is 25.3 Å². The van der Waals surface area contributed by atoms with Crippen molar-refractivity contribution in [2.45, 2.75) is 39.2 Å². The smallest absolute Gasteiger partial charge is 0.128 e. The Bertz CT molecular complexity index is 357. The molecule has 1 aromatic rings. The van der Waals surface area contributed by atoms with Crippen molar-refractivity contribution in [2.75, 3.05) is 25.0 Å². The molecule has 1 unspecified atom stereocenters. The number of nitrogens with one attached hydrogen (secondary N) is 1. The van der Waals surface area contributed by atoms with Crippen LogP contribution in [-0.2, 0) is 0 Å². The summed E-state index contributed by atoms with van der Waals surface area (Å²) in [6.07, 6.45) is 5.99. The maximum Gasteiger partial charge on any atom is 0.128 e. The predicted molar refractivity (Wildman–Crippen MR) is 76.9 cm³/mol. The summed E-state index contributed by atoms with van der Waals surface area (Å²) in [5.74, 6) is 2.05.